The van der Waals surface area contributed by atoms with Crippen molar-refractivity contribution in [1.82, 2.24) is 29.0 Å². The summed E-state index contributed by atoms with van der Waals surface area (Å²) in [4.78, 5) is 40.6. The van der Waals surface area contributed by atoms with Gasteiger partial charge in [0.05, 0.1) is 0 Å². The fourth-order valence-electron chi connectivity index (χ4n) is 4.34. The van der Waals surface area contributed by atoms with E-state index in [0.717, 1.165) is 43.7 Å². The van der Waals surface area contributed by atoms with Crippen LogP contribution in [-0.2, 0) is 6.54 Å². The standard InChI is InChI=1S/C22H29N7O2/c1-2-10-28-20-18(21(30)29(22(28)31)16-6-7-16)25-19(26-20)15-5-8-17(24-14-15)23-9-13-27-11-3-4-12-27/h5,8,14,16H,2-4,6-7,9-13H2,1H3,(H,23,24)(H,25,26). The molecule has 4 heterocycles. The van der Waals surface area contributed by atoms with Crippen molar-refractivity contribution < 1.29 is 0 Å². The maximum atomic E-state index is 13.0. The van der Waals surface area contributed by atoms with Crippen molar-refractivity contribution in [3.8, 4) is 11.4 Å². The lowest BCUT2D eigenvalue weighted by molar-refractivity contribution is 0.352. The van der Waals surface area contributed by atoms with E-state index in [0.29, 0.717) is 23.5 Å². The molecule has 1 saturated carbocycles. The number of hydrogen-bond acceptors (Lipinski definition) is 6. The number of aromatic nitrogens is 5. The molecule has 164 valence electrons. The Balaban J connectivity index is 1.41. The molecule has 3 aromatic heterocycles. The monoisotopic (exact) mass is 423 g/mol. The van der Waals surface area contributed by atoms with Crippen LogP contribution in [0, 0.1) is 0 Å². The molecule has 31 heavy (non-hydrogen) atoms. The van der Waals surface area contributed by atoms with Gasteiger partial charge in [0.25, 0.3) is 5.56 Å². The first-order valence-electron chi connectivity index (χ1n) is 11.3. The molecule has 0 unspecified atom stereocenters. The van der Waals surface area contributed by atoms with Crippen LogP contribution < -0.4 is 16.6 Å². The lowest BCUT2D eigenvalue weighted by Gasteiger charge is -2.14. The molecule has 0 spiro atoms. The summed E-state index contributed by atoms with van der Waals surface area (Å²) in [5.41, 5.74) is 1.07. The van der Waals surface area contributed by atoms with Crippen molar-refractivity contribution in [3.63, 3.8) is 0 Å². The highest BCUT2D eigenvalue weighted by atomic mass is 16.2. The number of aromatic amines is 1. The van der Waals surface area contributed by atoms with Crippen LogP contribution in [0.1, 0.15) is 45.1 Å². The van der Waals surface area contributed by atoms with Crippen molar-refractivity contribution in [1.29, 1.82) is 0 Å². The molecule has 1 aliphatic heterocycles. The van der Waals surface area contributed by atoms with Gasteiger partial charge < -0.3 is 15.2 Å². The molecule has 9 nitrogen and oxygen atoms in total. The average Bonchev–Trinajstić information content (AvgIpc) is 3.28. The molecule has 0 radical (unpaired) electrons. The highest BCUT2D eigenvalue weighted by molar-refractivity contribution is 5.75. The molecular formula is C22H29N7O2. The van der Waals surface area contributed by atoms with Crippen LogP contribution >= 0.6 is 0 Å². The topological polar surface area (TPSA) is 101 Å². The predicted molar refractivity (Wildman–Crippen MR) is 121 cm³/mol. The zero-order chi connectivity index (χ0) is 21.4. The smallest absolute Gasteiger partial charge is 0.333 e. The summed E-state index contributed by atoms with van der Waals surface area (Å²) < 4.78 is 3.02. The third-order valence-electron chi connectivity index (χ3n) is 6.14. The first-order chi connectivity index (χ1) is 15.2. The van der Waals surface area contributed by atoms with Crippen molar-refractivity contribution >= 4 is 17.0 Å². The maximum Gasteiger partial charge on any atom is 0.333 e. The molecule has 0 bridgehead atoms. The van der Waals surface area contributed by atoms with Crippen molar-refractivity contribution in [3.05, 3.63) is 39.2 Å². The maximum absolute atomic E-state index is 13.0. The van der Waals surface area contributed by atoms with E-state index in [9.17, 15) is 9.59 Å². The van der Waals surface area contributed by atoms with Gasteiger partial charge in [-0.05, 0) is 57.3 Å². The van der Waals surface area contributed by atoms with E-state index in [1.807, 2.05) is 19.1 Å². The van der Waals surface area contributed by atoms with E-state index in [1.54, 1.807) is 10.8 Å². The Morgan fingerprint density at radius 3 is 2.65 bits per heavy atom. The molecule has 0 amide bonds. The minimum absolute atomic E-state index is 0.0202. The van der Waals surface area contributed by atoms with Gasteiger partial charge in [-0.25, -0.2) is 14.8 Å². The summed E-state index contributed by atoms with van der Waals surface area (Å²) in [6.45, 7) is 6.80. The molecule has 0 atom stereocenters. The lowest BCUT2D eigenvalue weighted by Crippen LogP contribution is -2.39. The second-order valence-corrected chi connectivity index (χ2v) is 8.53. The van der Waals surface area contributed by atoms with Crippen LogP contribution in [0.15, 0.2) is 27.9 Å². The second kappa shape index (κ2) is 8.30. The first kappa shape index (κ1) is 20.0. The number of likely N-dealkylation sites (tertiary alicyclic amines) is 1. The number of rotatable bonds is 8. The van der Waals surface area contributed by atoms with Gasteiger partial charge in [0.15, 0.2) is 5.65 Å². The highest BCUT2D eigenvalue weighted by Gasteiger charge is 2.29. The van der Waals surface area contributed by atoms with E-state index in [-0.39, 0.29) is 17.3 Å². The average molecular weight is 424 g/mol. The summed E-state index contributed by atoms with van der Waals surface area (Å²) in [6, 6.07) is 3.88. The second-order valence-electron chi connectivity index (χ2n) is 8.53. The predicted octanol–water partition coefficient (Wildman–Crippen LogP) is 2.20. The van der Waals surface area contributed by atoms with Crippen LogP contribution in [0.25, 0.3) is 22.6 Å². The molecular weight excluding hydrogens is 394 g/mol. The third kappa shape index (κ3) is 3.89. The number of hydrogen-bond donors (Lipinski definition) is 2. The summed E-state index contributed by atoms with van der Waals surface area (Å²) >= 11 is 0. The Bertz CT molecular complexity index is 1180. The van der Waals surface area contributed by atoms with E-state index in [2.05, 4.69) is 25.2 Å². The molecule has 1 saturated heterocycles. The SMILES string of the molecule is CCCn1c(=O)n(C2CC2)c(=O)c2[nH]c(-c3ccc(NCCN4CCCC4)nc3)nc21. The van der Waals surface area contributed by atoms with E-state index < -0.39 is 0 Å². The molecule has 2 fully saturated rings. The van der Waals surface area contributed by atoms with Crippen LogP contribution in [0.2, 0.25) is 0 Å². The van der Waals surface area contributed by atoms with Crippen molar-refractivity contribution in [2.24, 2.45) is 0 Å². The Morgan fingerprint density at radius 2 is 1.97 bits per heavy atom. The number of anilines is 1. The number of nitrogens with one attached hydrogen (secondary N) is 2. The fourth-order valence-corrected chi connectivity index (χ4v) is 4.34. The Morgan fingerprint density at radius 1 is 1.16 bits per heavy atom. The third-order valence-corrected chi connectivity index (χ3v) is 6.14. The molecule has 3 aromatic rings. The fraction of sp³-hybridized carbons (Fsp3) is 0.545. The van der Waals surface area contributed by atoms with Gasteiger partial charge in [-0.3, -0.25) is 13.9 Å². The number of pyridine rings is 1. The number of nitrogens with zero attached hydrogens (tertiary/aromatic N) is 5. The normalized spacial score (nSPS) is 16.9. The lowest BCUT2D eigenvalue weighted by atomic mass is 10.2. The Kier molecular flexibility index (Phi) is 5.35. The van der Waals surface area contributed by atoms with Gasteiger partial charge in [0.2, 0.25) is 0 Å². The molecule has 0 aromatic carbocycles. The number of imidazole rings is 1. The molecule has 2 N–H and O–H groups in total. The van der Waals surface area contributed by atoms with E-state index >= 15 is 0 Å². The van der Waals surface area contributed by atoms with Gasteiger partial charge in [-0.15, -0.1) is 0 Å². The Hall–Kier alpha value is -2.94. The summed E-state index contributed by atoms with van der Waals surface area (Å²) in [6.07, 6.45) is 6.88. The minimum atomic E-state index is -0.276. The molecule has 1 aliphatic carbocycles. The highest BCUT2D eigenvalue weighted by Crippen LogP contribution is 2.32. The summed E-state index contributed by atoms with van der Waals surface area (Å²) in [7, 11) is 0. The number of H-pyrrole nitrogens is 1. The molecule has 9 heteroatoms. The molecule has 5 rings (SSSR count). The molecule has 2 aliphatic rings. The number of aryl methyl sites for hydroxylation is 1. The van der Waals surface area contributed by atoms with Crippen molar-refractivity contribution in [2.45, 2.75) is 51.6 Å². The minimum Gasteiger partial charge on any atom is -0.369 e. The van der Waals surface area contributed by atoms with Crippen LogP contribution in [0.3, 0.4) is 0 Å². The van der Waals surface area contributed by atoms with Crippen molar-refractivity contribution in [2.75, 3.05) is 31.5 Å². The van der Waals surface area contributed by atoms with Gasteiger partial charge in [-0.2, -0.15) is 0 Å². The first-order valence-corrected chi connectivity index (χ1v) is 11.3. The largest absolute Gasteiger partial charge is 0.369 e. The zero-order valence-corrected chi connectivity index (χ0v) is 17.9. The zero-order valence-electron chi connectivity index (χ0n) is 17.9. The van der Waals surface area contributed by atoms with Gasteiger partial charge in [-0.1, -0.05) is 6.92 Å². The van der Waals surface area contributed by atoms with Gasteiger partial charge in [0, 0.05) is 37.4 Å². The van der Waals surface area contributed by atoms with E-state index in [4.69, 9.17) is 0 Å². The van der Waals surface area contributed by atoms with Gasteiger partial charge >= 0.3 is 5.69 Å². The summed E-state index contributed by atoms with van der Waals surface area (Å²) in [5.74, 6) is 1.37. The van der Waals surface area contributed by atoms with Crippen LogP contribution in [-0.4, -0.2) is 55.2 Å². The van der Waals surface area contributed by atoms with Crippen LogP contribution in [0.4, 0.5) is 5.82 Å². The Labute approximate surface area is 180 Å². The summed E-state index contributed by atoms with van der Waals surface area (Å²) in [5, 5.41) is 3.36. The number of fused-ring (bicyclic) bond motifs is 1. The quantitative estimate of drug-likeness (QED) is 0.576. The van der Waals surface area contributed by atoms with Crippen LogP contribution in [0.5, 0.6) is 0 Å². The van der Waals surface area contributed by atoms with Gasteiger partial charge in [0.1, 0.15) is 17.2 Å². The van der Waals surface area contributed by atoms with E-state index in [1.165, 1.54) is 30.5 Å².